The van der Waals surface area contributed by atoms with Crippen LogP contribution in [0.15, 0.2) is 16.7 Å². The van der Waals surface area contributed by atoms with Crippen molar-refractivity contribution in [3.63, 3.8) is 0 Å². The number of amides is 1. The van der Waals surface area contributed by atoms with Crippen LogP contribution in [0.5, 0.6) is 0 Å². The molecule has 1 amide bonds. The highest BCUT2D eigenvalue weighted by Crippen LogP contribution is 2.56. The Morgan fingerprint density at radius 1 is 1.41 bits per heavy atom. The van der Waals surface area contributed by atoms with E-state index in [4.69, 9.17) is 0 Å². The predicted molar refractivity (Wildman–Crippen MR) is 60.9 cm³/mol. The fourth-order valence-corrected chi connectivity index (χ4v) is 3.02. The van der Waals surface area contributed by atoms with Crippen molar-refractivity contribution >= 4 is 27.7 Å². The third kappa shape index (κ3) is 1.66. The van der Waals surface area contributed by atoms with E-state index in [0.717, 1.165) is 10.0 Å². The number of halogens is 3. The van der Waals surface area contributed by atoms with Gasteiger partial charge in [0, 0.05) is 23.5 Å². The lowest BCUT2D eigenvalue weighted by molar-refractivity contribution is -0.175. The van der Waals surface area contributed by atoms with Crippen molar-refractivity contribution in [1.29, 1.82) is 0 Å². The van der Waals surface area contributed by atoms with Crippen molar-refractivity contribution < 1.29 is 13.6 Å². The summed E-state index contributed by atoms with van der Waals surface area (Å²) in [5.74, 6) is -2.54. The fourth-order valence-electron chi connectivity index (χ4n) is 2.64. The van der Waals surface area contributed by atoms with Crippen LogP contribution in [0.25, 0.3) is 0 Å². The van der Waals surface area contributed by atoms with E-state index in [1.165, 1.54) is 0 Å². The molecule has 0 unspecified atom stereocenters. The van der Waals surface area contributed by atoms with Gasteiger partial charge >= 0.3 is 0 Å². The number of hydrogen-bond donors (Lipinski definition) is 1. The Hall–Kier alpha value is -1.04. The molecule has 1 spiro atoms. The van der Waals surface area contributed by atoms with Crippen LogP contribution in [0.3, 0.4) is 0 Å². The summed E-state index contributed by atoms with van der Waals surface area (Å²) in [6.07, 6.45) is 1.19. The van der Waals surface area contributed by atoms with Gasteiger partial charge in [0.05, 0.1) is 5.41 Å². The SMILES string of the molecule is O=C1Nc2ncc(Br)cc2CC12CC(F)(F)C2. The zero-order valence-corrected chi connectivity index (χ0v) is 10.4. The molecule has 1 fully saturated rings. The minimum atomic E-state index is -2.70. The number of anilines is 1. The maximum absolute atomic E-state index is 13.0. The molecule has 17 heavy (non-hydrogen) atoms. The van der Waals surface area contributed by atoms with E-state index in [9.17, 15) is 13.6 Å². The van der Waals surface area contributed by atoms with Crippen LogP contribution in [0.2, 0.25) is 0 Å². The van der Waals surface area contributed by atoms with E-state index in [2.05, 4.69) is 26.2 Å². The Balaban J connectivity index is 1.96. The maximum atomic E-state index is 13.0. The minimum Gasteiger partial charge on any atom is -0.310 e. The van der Waals surface area contributed by atoms with E-state index < -0.39 is 11.3 Å². The molecule has 6 heteroatoms. The molecule has 2 heterocycles. The Morgan fingerprint density at radius 2 is 2.12 bits per heavy atom. The van der Waals surface area contributed by atoms with Crippen LogP contribution >= 0.6 is 15.9 Å². The van der Waals surface area contributed by atoms with E-state index >= 15 is 0 Å². The second-order valence-electron chi connectivity index (χ2n) is 4.78. The number of rotatable bonds is 0. The number of carbonyl (C=O) groups is 1. The largest absolute Gasteiger partial charge is 0.310 e. The molecule has 1 N–H and O–H groups in total. The highest BCUT2D eigenvalue weighted by molar-refractivity contribution is 9.10. The monoisotopic (exact) mass is 302 g/mol. The summed E-state index contributed by atoms with van der Waals surface area (Å²) in [4.78, 5) is 15.9. The van der Waals surface area contributed by atoms with Crippen LogP contribution in [0.4, 0.5) is 14.6 Å². The van der Waals surface area contributed by atoms with Gasteiger partial charge in [-0.3, -0.25) is 4.79 Å². The quantitative estimate of drug-likeness (QED) is 0.801. The molecule has 1 saturated carbocycles. The number of carbonyl (C=O) groups excluding carboxylic acids is 1. The van der Waals surface area contributed by atoms with Gasteiger partial charge in [-0.05, 0) is 34.0 Å². The number of aromatic nitrogens is 1. The second kappa shape index (κ2) is 3.25. The van der Waals surface area contributed by atoms with E-state index in [-0.39, 0.29) is 18.7 Å². The van der Waals surface area contributed by atoms with Gasteiger partial charge in [-0.25, -0.2) is 13.8 Å². The zero-order chi connectivity index (χ0) is 12.3. The van der Waals surface area contributed by atoms with Crippen molar-refractivity contribution in [2.24, 2.45) is 5.41 Å². The molecule has 0 atom stereocenters. The summed E-state index contributed by atoms with van der Waals surface area (Å²) in [5, 5.41) is 2.61. The first kappa shape index (κ1) is 11.1. The zero-order valence-electron chi connectivity index (χ0n) is 8.77. The summed E-state index contributed by atoms with van der Waals surface area (Å²) in [6, 6.07) is 1.82. The minimum absolute atomic E-state index is 0.328. The number of alkyl halides is 2. The average molecular weight is 303 g/mol. The molecule has 0 bridgehead atoms. The van der Waals surface area contributed by atoms with Gasteiger partial charge in [0.25, 0.3) is 0 Å². The first-order valence-corrected chi connectivity index (χ1v) is 6.03. The van der Waals surface area contributed by atoms with Gasteiger partial charge in [-0.1, -0.05) is 0 Å². The molecule has 90 valence electrons. The van der Waals surface area contributed by atoms with Gasteiger partial charge < -0.3 is 5.32 Å². The van der Waals surface area contributed by atoms with Crippen LogP contribution in [-0.4, -0.2) is 16.8 Å². The van der Waals surface area contributed by atoms with E-state index in [1.54, 1.807) is 6.20 Å². The average Bonchev–Trinajstić information content (AvgIpc) is 2.17. The number of fused-ring (bicyclic) bond motifs is 1. The predicted octanol–water partition coefficient (Wildman–Crippen LogP) is 2.75. The Bertz CT molecular complexity index is 510. The number of pyridine rings is 1. The van der Waals surface area contributed by atoms with Crippen molar-refractivity contribution in [2.45, 2.75) is 25.2 Å². The van der Waals surface area contributed by atoms with Crippen LogP contribution in [0.1, 0.15) is 18.4 Å². The van der Waals surface area contributed by atoms with Crippen molar-refractivity contribution in [3.05, 3.63) is 22.3 Å². The van der Waals surface area contributed by atoms with Crippen molar-refractivity contribution in [3.8, 4) is 0 Å². The van der Waals surface area contributed by atoms with Crippen molar-refractivity contribution in [1.82, 2.24) is 4.98 Å². The Kier molecular flexibility index (Phi) is 2.12. The standard InChI is InChI=1S/C11H9BrF2N2O/c12-7-1-6-2-10(4-11(13,14)5-10)9(17)16-8(6)15-3-7/h1,3H,2,4-5H2,(H,15,16,17). The van der Waals surface area contributed by atoms with Gasteiger partial charge in [0.2, 0.25) is 11.8 Å². The molecule has 3 rings (SSSR count). The lowest BCUT2D eigenvalue weighted by atomic mass is 9.61. The molecule has 1 aromatic rings. The van der Waals surface area contributed by atoms with Crippen LogP contribution < -0.4 is 5.32 Å². The smallest absolute Gasteiger partial charge is 0.250 e. The molecule has 3 nitrogen and oxygen atoms in total. The molecule has 1 aliphatic heterocycles. The first-order valence-electron chi connectivity index (χ1n) is 5.24. The summed E-state index contributed by atoms with van der Waals surface area (Å²) in [5.41, 5.74) is -0.117. The molecule has 2 aliphatic rings. The van der Waals surface area contributed by atoms with Crippen LogP contribution in [0, 0.1) is 5.41 Å². The summed E-state index contributed by atoms with van der Waals surface area (Å²) in [6.45, 7) is 0. The molecule has 0 saturated heterocycles. The van der Waals surface area contributed by atoms with Gasteiger partial charge in [0.1, 0.15) is 5.82 Å². The third-order valence-corrected chi connectivity index (χ3v) is 3.80. The van der Waals surface area contributed by atoms with Crippen molar-refractivity contribution in [2.75, 3.05) is 5.32 Å². The lowest BCUT2D eigenvalue weighted by Crippen LogP contribution is -2.56. The highest BCUT2D eigenvalue weighted by atomic mass is 79.9. The normalized spacial score (nSPS) is 23.8. The number of nitrogens with one attached hydrogen (secondary N) is 1. The van der Waals surface area contributed by atoms with Gasteiger partial charge in [-0.15, -0.1) is 0 Å². The molecular formula is C11H9BrF2N2O. The van der Waals surface area contributed by atoms with Crippen LogP contribution in [-0.2, 0) is 11.2 Å². The van der Waals surface area contributed by atoms with Gasteiger partial charge in [-0.2, -0.15) is 0 Å². The highest BCUT2D eigenvalue weighted by Gasteiger charge is 2.61. The lowest BCUT2D eigenvalue weighted by Gasteiger charge is -2.47. The molecule has 1 aromatic heterocycles. The topological polar surface area (TPSA) is 42.0 Å². The molecule has 0 radical (unpaired) electrons. The molecular weight excluding hydrogens is 294 g/mol. The summed E-state index contributed by atoms with van der Waals surface area (Å²) < 4.78 is 26.8. The number of hydrogen-bond acceptors (Lipinski definition) is 2. The first-order chi connectivity index (χ1) is 7.90. The fraction of sp³-hybridized carbons (Fsp3) is 0.455. The van der Waals surface area contributed by atoms with E-state index in [1.807, 2.05) is 6.07 Å². The Labute approximate surface area is 105 Å². The molecule has 1 aliphatic carbocycles. The summed E-state index contributed by atoms with van der Waals surface area (Å²) >= 11 is 3.28. The second-order valence-corrected chi connectivity index (χ2v) is 5.70. The van der Waals surface area contributed by atoms with E-state index in [0.29, 0.717) is 12.2 Å². The molecule has 0 aromatic carbocycles. The summed E-state index contributed by atoms with van der Waals surface area (Å²) in [7, 11) is 0. The maximum Gasteiger partial charge on any atom is 0.250 e. The Morgan fingerprint density at radius 3 is 2.76 bits per heavy atom. The van der Waals surface area contributed by atoms with Gasteiger partial charge in [0.15, 0.2) is 0 Å². The third-order valence-electron chi connectivity index (χ3n) is 3.37. The number of nitrogens with zero attached hydrogens (tertiary/aromatic N) is 1.